The second-order valence-electron chi connectivity index (χ2n) is 2.74. The van der Waals surface area contributed by atoms with Crippen molar-refractivity contribution in [1.82, 2.24) is 0 Å². The minimum absolute atomic E-state index is 0.0903. The van der Waals surface area contributed by atoms with Crippen molar-refractivity contribution in [3.05, 3.63) is 35.1 Å². The summed E-state index contributed by atoms with van der Waals surface area (Å²) in [5.74, 6) is -1.94. The Morgan fingerprint density at radius 3 is 2.69 bits per heavy atom. The SMILES string of the molecule is Cc1ccc(F)cc1C(O)C(=O)O. The van der Waals surface area contributed by atoms with Crippen LogP contribution in [0.15, 0.2) is 18.2 Å². The monoisotopic (exact) mass is 184 g/mol. The Labute approximate surface area is 74.4 Å². The highest BCUT2D eigenvalue weighted by molar-refractivity contribution is 5.74. The van der Waals surface area contributed by atoms with Gasteiger partial charge in [-0.3, -0.25) is 0 Å². The van der Waals surface area contributed by atoms with Crippen LogP contribution in [-0.2, 0) is 4.79 Å². The lowest BCUT2D eigenvalue weighted by atomic mass is 10.0. The van der Waals surface area contributed by atoms with E-state index in [0.29, 0.717) is 5.56 Å². The van der Waals surface area contributed by atoms with Crippen molar-refractivity contribution in [3.8, 4) is 0 Å². The topological polar surface area (TPSA) is 57.5 Å². The summed E-state index contributed by atoms with van der Waals surface area (Å²) in [7, 11) is 0. The summed E-state index contributed by atoms with van der Waals surface area (Å²) in [6.45, 7) is 1.61. The van der Waals surface area contributed by atoms with Gasteiger partial charge in [-0.15, -0.1) is 0 Å². The van der Waals surface area contributed by atoms with Crippen molar-refractivity contribution in [3.63, 3.8) is 0 Å². The van der Waals surface area contributed by atoms with Crippen LogP contribution >= 0.6 is 0 Å². The molecule has 1 aromatic carbocycles. The summed E-state index contributed by atoms with van der Waals surface area (Å²) in [5.41, 5.74) is 0.642. The van der Waals surface area contributed by atoms with Crippen LogP contribution in [0.1, 0.15) is 17.2 Å². The third-order valence-corrected chi connectivity index (χ3v) is 1.77. The van der Waals surface area contributed by atoms with E-state index in [2.05, 4.69) is 0 Å². The van der Waals surface area contributed by atoms with Crippen molar-refractivity contribution >= 4 is 5.97 Å². The summed E-state index contributed by atoms with van der Waals surface area (Å²) in [6, 6.07) is 3.67. The number of aryl methyl sites for hydroxylation is 1. The number of hydrogen-bond donors (Lipinski definition) is 2. The molecule has 13 heavy (non-hydrogen) atoms. The van der Waals surface area contributed by atoms with Crippen LogP contribution in [0.3, 0.4) is 0 Å². The molecule has 0 radical (unpaired) electrons. The largest absolute Gasteiger partial charge is 0.479 e. The van der Waals surface area contributed by atoms with Gasteiger partial charge in [0.15, 0.2) is 6.10 Å². The molecule has 1 atom stereocenters. The first-order valence-corrected chi connectivity index (χ1v) is 3.69. The fourth-order valence-electron chi connectivity index (χ4n) is 1.04. The van der Waals surface area contributed by atoms with Gasteiger partial charge >= 0.3 is 5.97 Å². The number of aliphatic carboxylic acids is 1. The molecule has 2 N–H and O–H groups in total. The predicted octanol–water partition coefficient (Wildman–Crippen LogP) is 1.25. The minimum Gasteiger partial charge on any atom is -0.479 e. The third-order valence-electron chi connectivity index (χ3n) is 1.77. The number of halogens is 1. The van der Waals surface area contributed by atoms with Gasteiger partial charge in [0, 0.05) is 0 Å². The maximum Gasteiger partial charge on any atom is 0.337 e. The molecule has 0 aliphatic heterocycles. The molecule has 70 valence electrons. The Bertz CT molecular complexity index is 336. The highest BCUT2D eigenvalue weighted by Crippen LogP contribution is 2.18. The summed E-state index contributed by atoms with van der Waals surface area (Å²) in [5, 5.41) is 17.6. The molecule has 0 bridgehead atoms. The molecule has 0 spiro atoms. The van der Waals surface area contributed by atoms with Crippen LogP contribution in [0.25, 0.3) is 0 Å². The highest BCUT2D eigenvalue weighted by atomic mass is 19.1. The molecular formula is C9H9FO3. The first kappa shape index (κ1) is 9.67. The first-order chi connectivity index (χ1) is 6.02. The number of carbonyl (C=O) groups is 1. The zero-order valence-electron chi connectivity index (χ0n) is 6.99. The second-order valence-corrected chi connectivity index (χ2v) is 2.74. The van der Waals surface area contributed by atoms with Crippen molar-refractivity contribution in [2.75, 3.05) is 0 Å². The van der Waals surface area contributed by atoms with Gasteiger partial charge in [-0.2, -0.15) is 0 Å². The number of hydrogen-bond acceptors (Lipinski definition) is 2. The van der Waals surface area contributed by atoms with E-state index in [1.165, 1.54) is 12.1 Å². The molecule has 0 fully saturated rings. The van der Waals surface area contributed by atoms with Crippen molar-refractivity contribution < 1.29 is 19.4 Å². The van der Waals surface area contributed by atoms with E-state index in [-0.39, 0.29) is 5.56 Å². The van der Waals surface area contributed by atoms with Gasteiger partial charge in [-0.05, 0) is 30.2 Å². The zero-order chi connectivity index (χ0) is 10.0. The molecule has 4 heteroatoms. The average Bonchev–Trinajstić information content (AvgIpc) is 2.08. The Morgan fingerprint density at radius 1 is 1.54 bits per heavy atom. The lowest BCUT2D eigenvalue weighted by molar-refractivity contribution is -0.147. The molecule has 1 aromatic rings. The van der Waals surface area contributed by atoms with Gasteiger partial charge < -0.3 is 10.2 Å². The predicted molar refractivity (Wildman–Crippen MR) is 43.7 cm³/mol. The summed E-state index contributed by atoms with van der Waals surface area (Å²) < 4.78 is 12.7. The molecule has 0 aromatic heterocycles. The first-order valence-electron chi connectivity index (χ1n) is 3.69. The summed E-state index contributed by atoms with van der Waals surface area (Å²) in [4.78, 5) is 10.4. The maximum atomic E-state index is 12.7. The van der Waals surface area contributed by atoms with E-state index in [4.69, 9.17) is 10.2 Å². The smallest absolute Gasteiger partial charge is 0.337 e. The van der Waals surface area contributed by atoms with Crippen LogP contribution in [0, 0.1) is 12.7 Å². The Balaban J connectivity index is 3.12. The molecule has 0 amide bonds. The van der Waals surface area contributed by atoms with Crippen molar-refractivity contribution in [2.45, 2.75) is 13.0 Å². The lowest BCUT2D eigenvalue weighted by Crippen LogP contribution is -2.12. The quantitative estimate of drug-likeness (QED) is 0.727. The molecule has 1 rings (SSSR count). The molecule has 0 aliphatic carbocycles. The van der Waals surface area contributed by atoms with E-state index in [1.54, 1.807) is 6.92 Å². The molecule has 0 aliphatic rings. The van der Waals surface area contributed by atoms with Crippen LogP contribution in [0.2, 0.25) is 0 Å². The fraction of sp³-hybridized carbons (Fsp3) is 0.222. The van der Waals surface area contributed by atoms with Gasteiger partial charge in [0.25, 0.3) is 0 Å². The Hall–Kier alpha value is -1.42. The van der Waals surface area contributed by atoms with Crippen molar-refractivity contribution in [1.29, 1.82) is 0 Å². The zero-order valence-corrected chi connectivity index (χ0v) is 6.99. The number of benzene rings is 1. The maximum absolute atomic E-state index is 12.7. The third kappa shape index (κ3) is 2.03. The van der Waals surface area contributed by atoms with E-state index < -0.39 is 17.9 Å². The lowest BCUT2D eigenvalue weighted by Gasteiger charge is -2.08. The van der Waals surface area contributed by atoms with Gasteiger partial charge in [0.05, 0.1) is 0 Å². The van der Waals surface area contributed by atoms with Gasteiger partial charge in [-0.25, -0.2) is 9.18 Å². The Kier molecular flexibility index (Phi) is 2.63. The molecule has 3 nitrogen and oxygen atoms in total. The minimum atomic E-state index is -1.66. The van der Waals surface area contributed by atoms with E-state index in [0.717, 1.165) is 6.07 Å². The number of carboxylic acid groups (broad SMARTS) is 1. The number of aliphatic hydroxyl groups is 1. The van der Waals surface area contributed by atoms with Crippen molar-refractivity contribution in [2.24, 2.45) is 0 Å². The number of aliphatic hydroxyl groups excluding tert-OH is 1. The van der Waals surface area contributed by atoms with Gasteiger partial charge in [0.2, 0.25) is 0 Å². The van der Waals surface area contributed by atoms with E-state index >= 15 is 0 Å². The summed E-state index contributed by atoms with van der Waals surface area (Å²) >= 11 is 0. The van der Waals surface area contributed by atoms with Crippen LogP contribution in [-0.4, -0.2) is 16.2 Å². The van der Waals surface area contributed by atoms with E-state index in [1.807, 2.05) is 0 Å². The van der Waals surface area contributed by atoms with Gasteiger partial charge in [-0.1, -0.05) is 6.07 Å². The standard InChI is InChI=1S/C9H9FO3/c1-5-2-3-6(10)4-7(5)8(11)9(12)13/h2-4,8,11H,1H3,(H,12,13). The normalized spacial score (nSPS) is 12.5. The molecule has 0 saturated carbocycles. The van der Waals surface area contributed by atoms with Crippen LogP contribution in [0.5, 0.6) is 0 Å². The summed E-state index contributed by atoms with van der Waals surface area (Å²) in [6.07, 6.45) is -1.66. The van der Waals surface area contributed by atoms with E-state index in [9.17, 15) is 9.18 Å². The van der Waals surface area contributed by atoms with Crippen LogP contribution < -0.4 is 0 Å². The van der Waals surface area contributed by atoms with Gasteiger partial charge in [0.1, 0.15) is 5.82 Å². The Morgan fingerprint density at radius 2 is 2.15 bits per heavy atom. The second kappa shape index (κ2) is 3.53. The molecular weight excluding hydrogens is 175 g/mol. The highest BCUT2D eigenvalue weighted by Gasteiger charge is 2.18. The molecule has 0 heterocycles. The molecule has 1 unspecified atom stereocenters. The number of carboxylic acids is 1. The molecule has 0 saturated heterocycles. The number of rotatable bonds is 2. The van der Waals surface area contributed by atoms with Crippen LogP contribution in [0.4, 0.5) is 4.39 Å². The average molecular weight is 184 g/mol. The fourth-order valence-corrected chi connectivity index (χ4v) is 1.04.